The van der Waals surface area contributed by atoms with Crippen molar-refractivity contribution in [2.45, 2.75) is 68.9 Å². The van der Waals surface area contributed by atoms with Gasteiger partial charge >= 0.3 is 0 Å². The van der Waals surface area contributed by atoms with Crippen LogP contribution in [0.5, 0.6) is 0 Å². The number of hydrogen-bond donors (Lipinski definition) is 2. The van der Waals surface area contributed by atoms with Gasteiger partial charge in [-0.1, -0.05) is 91.0 Å². The Balaban J connectivity index is 1.21. The maximum Gasteiger partial charge on any atom is 0.246 e. The standard InChI is InChI=1S/C38H46N4O3/c43-35(28-38(30-12-4-1-5-13-30,31-14-6-2-7-15-31)32-16-8-3-9-17-32)41-26-11-19-34(41)37(45)42-27-10-18-33(42)36(44)40-25-22-29-20-23-39-24-21-29/h1-9,12-17,29,33-34,39H,10-11,18-28H2,(H,40,44)/t33-,34+/m1/s1. The molecule has 236 valence electrons. The fourth-order valence-corrected chi connectivity index (χ4v) is 7.81. The molecule has 0 aliphatic carbocycles. The first-order valence-corrected chi connectivity index (χ1v) is 16.8. The summed E-state index contributed by atoms with van der Waals surface area (Å²) in [5, 5.41) is 6.53. The van der Waals surface area contributed by atoms with Crippen LogP contribution in [0.4, 0.5) is 0 Å². The van der Waals surface area contributed by atoms with Crippen molar-refractivity contribution in [1.29, 1.82) is 0 Å². The van der Waals surface area contributed by atoms with Crippen molar-refractivity contribution in [2.75, 3.05) is 32.7 Å². The molecule has 0 spiro atoms. The second-order valence-corrected chi connectivity index (χ2v) is 12.9. The average molecular weight is 607 g/mol. The third-order valence-electron chi connectivity index (χ3n) is 10.2. The first-order chi connectivity index (χ1) is 22.1. The summed E-state index contributed by atoms with van der Waals surface area (Å²) in [6.07, 6.45) is 6.35. The topological polar surface area (TPSA) is 81.8 Å². The van der Waals surface area contributed by atoms with E-state index in [1.54, 1.807) is 9.80 Å². The quantitative estimate of drug-likeness (QED) is 0.322. The fourth-order valence-electron chi connectivity index (χ4n) is 7.81. The maximum absolute atomic E-state index is 14.5. The maximum atomic E-state index is 14.5. The average Bonchev–Trinajstić information content (AvgIpc) is 3.80. The van der Waals surface area contributed by atoms with Gasteiger partial charge < -0.3 is 20.4 Å². The number of piperidine rings is 1. The molecule has 3 saturated heterocycles. The lowest BCUT2D eigenvalue weighted by molar-refractivity contribution is -0.146. The van der Waals surface area contributed by atoms with Crippen molar-refractivity contribution < 1.29 is 14.4 Å². The molecule has 3 aliphatic heterocycles. The minimum Gasteiger partial charge on any atom is -0.354 e. The van der Waals surface area contributed by atoms with Crippen LogP contribution in [0.3, 0.4) is 0 Å². The van der Waals surface area contributed by atoms with Crippen LogP contribution in [0.2, 0.25) is 0 Å². The van der Waals surface area contributed by atoms with Crippen LogP contribution in [0, 0.1) is 5.92 Å². The SMILES string of the molecule is O=C(NCCC1CCNCC1)[C@H]1CCCN1C(=O)[C@@H]1CCCN1C(=O)CC(c1ccccc1)(c1ccccc1)c1ccccc1. The second kappa shape index (κ2) is 14.4. The summed E-state index contributed by atoms with van der Waals surface area (Å²) < 4.78 is 0. The Hall–Kier alpha value is -3.97. The van der Waals surface area contributed by atoms with Crippen molar-refractivity contribution in [3.8, 4) is 0 Å². The molecule has 3 aliphatic rings. The number of rotatable bonds is 10. The molecule has 3 fully saturated rings. The van der Waals surface area contributed by atoms with Gasteiger partial charge in [0, 0.05) is 26.1 Å². The zero-order chi connectivity index (χ0) is 31.1. The molecule has 3 aromatic carbocycles. The highest BCUT2D eigenvalue weighted by molar-refractivity contribution is 5.93. The van der Waals surface area contributed by atoms with Crippen molar-refractivity contribution in [2.24, 2.45) is 5.92 Å². The van der Waals surface area contributed by atoms with Gasteiger partial charge in [0.1, 0.15) is 12.1 Å². The van der Waals surface area contributed by atoms with Crippen LogP contribution in [-0.2, 0) is 19.8 Å². The van der Waals surface area contributed by atoms with Gasteiger partial charge in [-0.3, -0.25) is 14.4 Å². The number of benzene rings is 3. The summed E-state index contributed by atoms with van der Waals surface area (Å²) >= 11 is 0. The Morgan fingerprint density at radius 3 is 1.76 bits per heavy atom. The monoisotopic (exact) mass is 606 g/mol. The van der Waals surface area contributed by atoms with E-state index in [1.165, 1.54) is 0 Å². The molecular weight excluding hydrogens is 560 g/mol. The predicted octanol–water partition coefficient (Wildman–Crippen LogP) is 4.90. The van der Waals surface area contributed by atoms with Crippen LogP contribution in [-0.4, -0.2) is 72.3 Å². The van der Waals surface area contributed by atoms with Gasteiger partial charge in [0.05, 0.1) is 5.41 Å². The minimum absolute atomic E-state index is 0.0374. The number of likely N-dealkylation sites (tertiary alicyclic amines) is 2. The van der Waals surface area contributed by atoms with E-state index in [1.807, 2.05) is 54.6 Å². The van der Waals surface area contributed by atoms with Gasteiger partial charge in [-0.15, -0.1) is 0 Å². The molecule has 2 N–H and O–H groups in total. The molecule has 0 aromatic heterocycles. The molecule has 3 aromatic rings. The molecular formula is C38H46N4O3. The van der Waals surface area contributed by atoms with E-state index in [0.717, 1.165) is 61.9 Å². The van der Waals surface area contributed by atoms with E-state index in [4.69, 9.17) is 0 Å². The number of amides is 3. The number of carbonyl (C=O) groups excluding carboxylic acids is 3. The highest BCUT2D eigenvalue weighted by Crippen LogP contribution is 2.43. The van der Waals surface area contributed by atoms with E-state index in [-0.39, 0.29) is 24.1 Å². The third-order valence-corrected chi connectivity index (χ3v) is 10.2. The zero-order valence-corrected chi connectivity index (χ0v) is 26.2. The number of nitrogens with zero attached hydrogens (tertiary/aromatic N) is 2. The van der Waals surface area contributed by atoms with Crippen molar-refractivity contribution >= 4 is 17.7 Å². The van der Waals surface area contributed by atoms with Crippen LogP contribution < -0.4 is 10.6 Å². The predicted molar refractivity (Wildman–Crippen MR) is 177 cm³/mol. The van der Waals surface area contributed by atoms with Gasteiger partial charge in [-0.25, -0.2) is 0 Å². The smallest absolute Gasteiger partial charge is 0.246 e. The Labute approximate surface area is 267 Å². The highest BCUT2D eigenvalue weighted by Gasteiger charge is 2.45. The highest BCUT2D eigenvalue weighted by atomic mass is 16.2. The van der Waals surface area contributed by atoms with E-state index < -0.39 is 17.5 Å². The molecule has 6 rings (SSSR count). The van der Waals surface area contributed by atoms with Crippen LogP contribution in [0.1, 0.15) is 68.1 Å². The second-order valence-electron chi connectivity index (χ2n) is 12.9. The molecule has 7 nitrogen and oxygen atoms in total. The zero-order valence-electron chi connectivity index (χ0n) is 26.2. The summed E-state index contributed by atoms with van der Waals surface area (Å²) in [6, 6.07) is 29.7. The molecule has 7 heteroatoms. The van der Waals surface area contributed by atoms with Crippen LogP contribution in [0.15, 0.2) is 91.0 Å². The number of nitrogens with one attached hydrogen (secondary N) is 2. The largest absolute Gasteiger partial charge is 0.354 e. The van der Waals surface area contributed by atoms with Crippen molar-refractivity contribution in [3.63, 3.8) is 0 Å². The summed E-state index contributed by atoms with van der Waals surface area (Å²) in [5.74, 6) is 0.466. The summed E-state index contributed by atoms with van der Waals surface area (Å²) in [5.41, 5.74) is 2.40. The first-order valence-electron chi connectivity index (χ1n) is 16.8. The molecule has 3 heterocycles. The summed E-state index contributed by atoms with van der Waals surface area (Å²) in [6.45, 7) is 3.85. The van der Waals surface area contributed by atoms with Gasteiger partial charge in [0.2, 0.25) is 17.7 Å². The lowest BCUT2D eigenvalue weighted by Crippen LogP contribution is -2.53. The Kier molecular flexibility index (Phi) is 9.94. The molecule has 45 heavy (non-hydrogen) atoms. The van der Waals surface area contributed by atoms with Gasteiger partial charge in [0.25, 0.3) is 0 Å². The third kappa shape index (κ3) is 6.69. The molecule has 0 bridgehead atoms. The molecule has 3 amide bonds. The van der Waals surface area contributed by atoms with Gasteiger partial charge in [0.15, 0.2) is 0 Å². The Morgan fingerprint density at radius 1 is 0.689 bits per heavy atom. The van der Waals surface area contributed by atoms with E-state index in [9.17, 15) is 14.4 Å². The molecule has 2 atom stereocenters. The lowest BCUT2D eigenvalue weighted by Gasteiger charge is -2.38. The van der Waals surface area contributed by atoms with E-state index >= 15 is 0 Å². The minimum atomic E-state index is -0.721. The molecule has 0 saturated carbocycles. The normalized spacial score (nSPS) is 20.7. The van der Waals surface area contributed by atoms with E-state index in [2.05, 4.69) is 47.0 Å². The van der Waals surface area contributed by atoms with Crippen molar-refractivity contribution in [3.05, 3.63) is 108 Å². The summed E-state index contributed by atoms with van der Waals surface area (Å²) in [4.78, 5) is 45.5. The number of carbonyl (C=O) groups is 3. The Bertz CT molecular complexity index is 1330. The first kappa shape index (κ1) is 31.0. The fraction of sp³-hybridized carbons (Fsp3) is 0.447. The number of hydrogen-bond acceptors (Lipinski definition) is 4. The Morgan fingerprint density at radius 2 is 1.20 bits per heavy atom. The van der Waals surface area contributed by atoms with Crippen LogP contribution >= 0.6 is 0 Å². The van der Waals surface area contributed by atoms with Crippen molar-refractivity contribution in [1.82, 2.24) is 20.4 Å². The lowest BCUT2D eigenvalue weighted by atomic mass is 9.67. The van der Waals surface area contributed by atoms with Gasteiger partial charge in [-0.2, -0.15) is 0 Å². The van der Waals surface area contributed by atoms with E-state index in [0.29, 0.717) is 38.4 Å². The summed E-state index contributed by atoms with van der Waals surface area (Å²) in [7, 11) is 0. The molecule has 0 radical (unpaired) electrons. The van der Waals surface area contributed by atoms with Gasteiger partial charge in [-0.05, 0) is 80.6 Å². The van der Waals surface area contributed by atoms with Crippen LogP contribution in [0.25, 0.3) is 0 Å². The molecule has 0 unspecified atom stereocenters.